The van der Waals surface area contributed by atoms with E-state index >= 15 is 0 Å². The Balaban J connectivity index is 2.17. The molecule has 0 aliphatic carbocycles. The van der Waals surface area contributed by atoms with E-state index in [0.29, 0.717) is 11.5 Å². The van der Waals surface area contributed by atoms with Crippen molar-refractivity contribution in [3.8, 4) is 0 Å². The molecule has 1 N–H and O–H groups in total. The van der Waals surface area contributed by atoms with Crippen molar-refractivity contribution in [1.29, 1.82) is 0 Å². The molecule has 1 aromatic heterocycles. The number of rotatable bonds is 2. The Hall–Kier alpha value is -0.340. The van der Waals surface area contributed by atoms with Crippen molar-refractivity contribution in [2.24, 2.45) is 5.41 Å². The van der Waals surface area contributed by atoms with E-state index in [-0.39, 0.29) is 0 Å². The maximum atomic E-state index is 3.50. The molecule has 1 nitrogen and oxygen atoms in total. The molecule has 1 saturated heterocycles. The Labute approximate surface area is 84.2 Å². The van der Waals surface area contributed by atoms with Gasteiger partial charge in [0.15, 0.2) is 0 Å². The minimum absolute atomic E-state index is 0.454. The fourth-order valence-corrected chi connectivity index (χ4v) is 3.08. The normalized spacial score (nSPS) is 25.6. The average molecular weight is 195 g/mol. The van der Waals surface area contributed by atoms with Gasteiger partial charge in [-0.15, -0.1) is 11.3 Å². The highest BCUT2D eigenvalue weighted by molar-refractivity contribution is 7.12. The Morgan fingerprint density at radius 2 is 2.31 bits per heavy atom. The molecule has 1 aliphatic heterocycles. The molecule has 0 aromatic carbocycles. The van der Waals surface area contributed by atoms with Gasteiger partial charge in [0.1, 0.15) is 0 Å². The molecular weight excluding hydrogens is 178 g/mol. The summed E-state index contributed by atoms with van der Waals surface area (Å²) in [6.07, 6.45) is 1.16. The zero-order chi connectivity index (χ0) is 9.47. The van der Waals surface area contributed by atoms with Gasteiger partial charge in [-0.1, -0.05) is 20.8 Å². The monoisotopic (exact) mass is 195 g/mol. The molecule has 2 heterocycles. The van der Waals surface area contributed by atoms with Crippen LogP contribution in [0.2, 0.25) is 0 Å². The van der Waals surface area contributed by atoms with Crippen LogP contribution in [0.5, 0.6) is 0 Å². The van der Waals surface area contributed by atoms with Gasteiger partial charge in [0.25, 0.3) is 0 Å². The van der Waals surface area contributed by atoms with Crippen LogP contribution >= 0.6 is 11.3 Å². The van der Waals surface area contributed by atoms with E-state index in [4.69, 9.17) is 0 Å². The number of hydrogen-bond acceptors (Lipinski definition) is 2. The maximum Gasteiger partial charge on any atom is 0.0479 e. The molecule has 0 saturated carbocycles. The fourth-order valence-electron chi connectivity index (χ4n) is 1.84. The van der Waals surface area contributed by atoms with Crippen LogP contribution in [0.15, 0.2) is 12.1 Å². The molecule has 1 atom stereocenters. The number of nitrogens with one attached hydrogen (secondary N) is 1. The van der Waals surface area contributed by atoms with Crippen LogP contribution < -0.4 is 5.32 Å². The van der Waals surface area contributed by atoms with Crippen LogP contribution in [-0.4, -0.2) is 6.54 Å². The van der Waals surface area contributed by atoms with Crippen molar-refractivity contribution < 1.29 is 0 Å². The lowest BCUT2D eigenvalue weighted by Crippen LogP contribution is -2.52. The van der Waals surface area contributed by atoms with Gasteiger partial charge >= 0.3 is 0 Å². The van der Waals surface area contributed by atoms with Crippen LogP contribution in [-0.2, 0) is 6.42 Å². The first-order valence-corrected chi connectivity index (χ1v) is 5.77. The van der Waals surface area contributed by atoms with Gasteiger partial charge in [0.2, 0.25) is 0 Å². The van der Waals surface area contributed by atoms with Crippen LogP contribution in [0.3, 0.4) is 0 Å². The van der Waals surface area contributed by atoms with E-state index in [2.05, 4.69) is 38.2 Å². The molecule has 1 aliphatic rings. The van der Waals surface area contributed by atoms with Crippen molar-refractivity contribution in [1.82, 2.24) is 5.32 Å². The van der Waals surface area contributed by atoms with Crippen LogP contribution in [0.25, 0.3) is 0 Å². The molecule has 0 radical (unpaired) electrons. The van der Waals surface area contributed by atoms with E-state index in [9.17, 15) is 0 Å². The van der Waals surface area contributed by atoms with Crippen molar-refractivity contribution >= 4 is 11.3 Å². The van der Waals surface area contributed by atoms with E-state index < -0.39 is 0 Å². The van der Waals surface area contributed by atoms with Gasteiger partial charge in [0.05, 0.1) is 0 Å². The van der Waals surface area contributed by atoms with Crippen molar-refractivity contribution in [2.75, 3.05) is 6.54 Å². The van der Waals surface area contributed by atoms with Crippen molar-refractivity contribution in [3.05, 3.63) is 21.9 Å². The van der Waals surface area contributed by atoms with Gasteiger partial charge in [-0.05, 0) is 24.0 Å². The van der Waals surface area contributed by atoms with Gasteiger partial charge in [0, 0.05) is 22.3 Å². The third kappa shape index (κ3) is 1.53. The number of aryl methyl sites for hydroxylation is 1. The fraction of sp³-hybridized carbons (Fsp3) is 0.636. The van der Waals surface area contributed by atoms with Gasteiger partial charge in [-0.2, -0.15) is 0 Å². The molecule has 1 unspecified atom stereocenters. The maximum absolute atomic E-state index is 3.50. The Morgan fingerprint density at radius 1 is 1.54 bits per heavy atom. The van der Waals surface area contributed by atoms with Crippen LogP contribution in [0.4, 0.5) is 0 Å². The molecule has 0 amide bonds. The first-order valence-electron chi connectivity index (χ1n) is 4.95. The first kappa shape index (κ1) is 9.22. The quantitative estimate of drug-likeness (QED) is 0.765. The second-order valence-corrected chi connectivity index (χ2v) is 5.66. The molecule has 0 bridgehead atoms. The summed E-state index contributed by atoms with van der Waals surface area (Å²) in [6.45, 7) is 8.03. The predicted octanol–water partition coefficient (Wildman–Crippen LogP) is 2.98. The Kier molecular flexibility index (Phi) is 2.20. The summed E-state index contributed by atoms with van der Waals surface area (Å²) in [5.74, 6) is 0. The van der Waals surface area contributed by atoms with Crippen molar-refractivity contribution in [3.63, 3.8) is 0 Å². The van der Waals surface area contributed by atoms with Gasteiger partial charge in [-0.25, -0.2) is 0 Å². The number of hydrogen-bond donors (Lipinski definition) is 1. The average Bonchev–Trinajstić information content (AvgIpc) is 2.51. The summed E-state index contributed by atoms with van der Waals surface area (Å²) in [5.41, 5.74) is 0.454. The number of thiophene rings is 1. The van der Waals surface area contributed by atoms with Crippen molar-refractivity contribution in [2.45, 2.75) is 33.2 Å². The first-order chi connectivity index (χ1) is 6.13. The van der Waals surface area contributed by atoms with Crippen LogP contribution in [0.1, 0.15) is 36.6 Å². The highest BCUT2D eigenvalue weighted by atomic mass is 32.1. The second-order valence-electron chi connectivity index (χ2n) is 4.46. The molecular formula is C11H17NS. The lowest BCUT2D eigenvalue weighted by Gasteiger charge is -2.45. The van der Waals surface area contributed by atoms with Crippen LogP contribution in [0, 0.1) is 5.41 Å². The minimum Gasteiger partial charge on any atom is -0.308 e. The highest BCUT2D eigenvalue weighted by Gasteiger charge is 2.39. The zero-order valence-electron chi connectivity index (χ0n) is 8.55. The standard InChI is InChI=1S/C11H17NS/c1-4-8-5-6-9(13-8)10-11(2,3)7-12-10/h5-6,10,12H,4,7H2,1-3H3. The summed E-state index contributed by atoms with van der Waals surface area (Å²) in [6, 6.07) is 5.14. The zero-order valence-corrected chi connectivity index (χ0v) is 9.37. The third-order valence-electron chi connectivity index (χ3n) is 2.86. The Morgan fingerprint density at radius 3 is 2.69 bits per heavy atom. The van der Waals surface area contributed by atoms with E-state index in [0.717, 1.165) is 13.0 Å². The molecule has 0 spiro atoms. The summed E-state index contributed by atoms with van der Waals surface area (Å²) in [7, 11) is 0. The van der Waals surface area contributed by atoms with E-state index in [1.54, 1.807) is 0 Å². The largest absolute Gasteiger partial charge is 0.308 e. The summed E-state index contributed by atoms with van der Waals surface area (Å²) in [4.78, 5) is 3.01. The topological polar surface area (TPSA) is 12.0 Å². The molecule has 13 heavy (non-hydrogen) atoms. The molecule has 72 valence electrons. The summed E-state index contributed by atoms with van der Waals surface area (Å²) in [5, 5.41) is 3.50. The van der Waals surface area contributed by atoms with E-state index in [1.807, 2.05) is 11.3 Å². The lowest BCUT2D eigenvalue weighted by molar-refractivity contribution is 0.131. The van der Waals surface area contributed by atoms with Gasteiger partial charge < -0.3 is 5.32 Å². The lowest BCUT2D eigenvalue weighted by atomic mass is 9.76. The molecule has 1 fully saturated rings. The molecule has 2 rings (SSSR count). The van der Waals surface area contributed by atoms with E-state index in [1.165, 1.54) is 9.75 Å². The minimum atomic E-state index is 0.454. The highest BCUT2D eigenvalue weighted by Crippen LogP contribution is 2.42. The summed E-state index contributed by atoms with van der Waals surface area (Å²) < 4.78 is 0. The SMILES string of the molecule is CCc1ccc(C2NCC2(C)C)s1. The Bertz CT molecular complexity index is 301. The predicted molar refractivity (Wildman–Crippen MR) is 58.2 cm³/mol. The summed E-state index contributed by atoms with van der Waals surface area (Å²) >= 11 is 1.96. The second kappa shape index (κ2) is 3.10. The smallest absolute Gasteiger partial charge is 0.0479 e. The third-order valence-corrected chi connectivity index (χ3v) is 4.15. The van der Waals surface area contributed by atoms with Gasteiger partial charge in [-0.3, -0.25) is 0 Å². The molecule has 2 heteroatoms. The molecule has 1 aromatic rings.